The van der Waals surface area contributed by atoms with Gasteiger partial charge in [0.25, 0.3) is 0 Å². The standard InChI is InChI=1S/C14H22N2O2/c1-4-18-12(17)11(9-15)16-7-5-14(6-8-16)10-13(14,2)3/h11H,4-8,10H2,1-3H3. The third kappa shape index (κ3) is 2.12. The second-order valence-electron chi connectivity index (χ2n) is 6.16. The van der Waals surface area contributed by atoms with Gasteiger partial charge in [-0.15, -0.1) is 0 Å². The van der Waals surface area contributed by atoms with E-state index in [1.54, 1.807) is 6.92 Å². The summed E-state index contributed by atoms with van der Waals surface area (Å²) in [6.45, 7) is 8.40. The Morgan fingerprint density at radius 1 is 1.44 bits per heavy atom. The molecule has 1 saturated carbocycles. The van der Waals surface area contributed by atoms with E-state index in [2.05, 4.69) is 19.9 Å². The Labute approximate surface area is 109 Å². The van der Waals surface area contributed by atoms with Crippen LogP contribution in [-0.4, -0.2) is 36.6 Å². The highest BCUT2D eigenvalue weighted by Gasteiger charge is 2.61. The summed E-state index contributed by atoms with van der Waals surface area (Å²) >= 11 is 0. The zero-order valence-electron chi connectivity index (χ0n) is 11.5. The van der Waals surface area contributed by atoms with Gasteiger partial charge in [-0.05, 0) is 37.0 Å². The molecule has 2 rings (SSSR count). The van der Waals surface area contributed by atoms with E-state index in [9.17, 15) is 4.79 Å². The average Bonchev–Trinajstić information content (AvgIpc) is 2.84. The lowest BCUT2D eigenvalue weighted by Crippen LogP contribution is -2.46. The minimum Gasteiger partial charge on any atom is -0.464 e. The van der Waals surface area contributed by atoms with Crippen molar-refractivity contribution < 1.29 is 9.53 Å². The maximum Gasteiger partial charge on any atom is 0.338 e. The third-order valence-corrected chi connectivity index (χ3v) is 4.84. The molecule has 4 nitrogen and oxygen atoms in total. The van der Waals surface area contributed by atoms with Crippen LogP contribution in [-0.2, 0) is 9.53 Å². The van der Waals surface area contributed by atoms with Crippen LogP contribution in [0.25, 0.3) is 0 Å². The Bertz CT molecular complexity index is 376. The first kappa shape index (κ1) is 13.4. The van der Waals surface area contributed by atoms with E-state index in [0.29, 0.717) is 17.4 Å². The van der Waals surface area contributed by atoms with E-state index in [4.69, 9.17) is 10.00 Å². The molecule has 2 fully saturated rings. The van der Waals surface area contributed by atoms with E-state index < -0.39 is 12.0 Å². The maximum absolute atomic E-state index is 11.7. The molecule has 1 atom stereocenters. The fourth-order valence-electron chi connectivity index (χ4n) is 3.37. The molecule has 1 aliphatic carbocycles. The molecule has 0 aromatic heterocycles. The molecule has 0 radical (unpaired) electrons. The van der Waals surface area contributed by atoms with Crippen LogP contribution in [0.5, 0.6) is 0 Å². The Hall–Kier alpha value is -1.08. The van der Waals surface area contributed by atoms with Crippen LogP contribution < -0.4 is 0 Å². The second kappa shape index (κ2) is 4.55. The van der Waals surface area contributed by atoms with Gasteiger partial charge in [0.1, 0.15) is 0 Å². The first-order chi connectivity index (χ1) is 8.46. The van der Waals surface area contributed by atoms with Crippen LogP contribution in [0.4, 0.5) is 0 Å². The van der Waals surface area contributed by atoms with Crippen LogP contribution in [0.15, 0.2) is 0 Å². The molecule has 0 aromatic carbocycles. The zero-order chi connectivity index (χ0) is 13.4. The molecule has 1 unspecified atom stereocenters. The van der Waals surface area contributed by atoms with E-state index in [1.165, 1.54) is 6.42 Å². The Kier molecular flexibility index (Phi) is 3.37. The molecular formula is C14H22N2O2. The Morgan fingerprint density at radius 3 is 2.39 bits per heavy atom. The van der Waals surface area contributed by atoms with Gasteiger partial charge in [0, 0.05) is 13.1 Å². The average molecular weight is 250 g/mol. The van der Waals surface area contributed by atoms with Crippen molar-refractivity contribution >= 4 is 5.97 Å². The summed E-state index contributed by atoms with van der Waals surface area (Å²) in [7, 11) is 0. The minimum atomic E-state index is -0.718. The van der Waals surface area contributed by atoms with Crippen LogP contribution in [0.2, 0.25) is 0 Å². The second-order valence-corrected chi connectivity index (χ2v) is 6.16. The number of piperidine rings is 1. The predicted octanol–water partition coefficient (Wildman–Crippen LogP) is 1.95. The van der Waals surface area contributed by atoms with Crippen LogP contribution >= 0.6 is 0 Å². The molecule has 0 bridgehead atoms. The monoisotopic (exact) mass is 250 g/mol. The molecule has 0 N–H and O–H groups in total. The molecule has 18 heavy (non-hydrogen) atoms. The highest BCUT2D eigenvalue weighted by Crippen LogP contribution is 2.68. The van der Waals surface area contributed by atoms with Gasteiger partial charge in [0.05, 0.1) is 12.7 Å². The van der Waals surface area contributed by atoms with Crippen molar-refractivity contribution in [1.29, 1.82) is 5.26 Å². The highest BCUT2D eigenvalue weighted by atomic mass is 16.5. The zero-order valence-corrected chi connectivity index (χ0v) is 11.5. The minimum absolute atomic E-state index is 0.335. The first-order valence-electron chi connectivity index (χ1n) is 6.76. The van der Waals surface area contributed by atoms with Gasteiger partial charge < -0.3 is 4.74 Å². The topological polar surface area (TPSA) is 53.3 Å². The third-order valence-electron chi connectivity index (χ3n) is 4.84. The summed E-state index contributed by atoms with van der Waals surface area (Å²) in [5.41, 5.74) is 0.920. The number of ether oxygens (including phenoxy) is 1. The lowest BCUT2D eigenvalue weighted by molar-refractivity contribution is -0.147. The van der Waals surface area contributed by atoms with Crippen molar-refractivity contribution in [3.8, 4) is 6.07 Å². The summed E-state index contributed by atoms with van der Waals surface area (Å²) in [5.74, 6) is -0.397. The first-order valence-corrected chi connectivity index (χ1v) is 6.76. The largest absolute Gasteiger partial charge is 0.464 e. The number of hydrogen-bond donors (Lipinski definition) is 0. The quantitative estimate of drug-likeness (QED) is 0.718. The van der Waals surface area contributed by atoms with Crippen molar-refractivity contribution in [3.63, 3.8) is 0 Å². The Balaban J connectivity index is 1.93. The molecule has 1 saturated heterocycles. The molecule has 2 aliphatic rings. The number of carbonyl (C=O) groups excluding carboxylic acids is 1. The summed E-state index contributed by atoms with van der Waals surface area (Å²) in [4.78, 5) is 13.7. The normalized spacial score (nSPS) is 26.3. The predicted molar refractivity (Wildman–Crippen MR) is 67.7 cm³/mol. The number of likely N-dealkylation sites (tertiary alicyclic amines) is 1. The number of hydrogen-bond acceptors (Lipinski definition) is 4. The van der Waals surface area contributed by atoms with Gasteiger partial charge >= 0.3 is 5.97 Å². The van der Waals surface area contributed by atoms with Crippen molar-refractivity contribution in [3.05, 3.63) is 0 Å². The van der Waals surface area contributed by atoms with Crippen LogP contribution in [0.1, 0.15) is 40.0 Å². The van der Waals surface area contributed by atoms with E-state index in [0.717, 1.165) is 25.9 Å². The molecule has 0 amide bonds. The lowest BCUT2D eigenvalue weighted by Gasteiger charge is -2.35. The van der Waals surface area contributed by atoms with Gasteiger partial charge in [-0.3, -0.25) is 4.90 Å². The van der Waals surface area contributed by atoms with Crippen molar-refractivity contribution in [1.82, 2.24) is 4.90 Å². The SMILES string of the molecule is CCOC(=O)C(C#N)N1CCC2(CC1)CC2(C)C. The van der Waals surface area contributed by atoms with Gasteiger partial charge in [0.2, 0.25) is 0 Å². The molecule has 1 aliphatic heterocycles. The number of esters is 1. The molecule has 1 spiro atoms. The smallest absolute Gasteiger partial charge is 0.338 e. The number of rotatable bonds is 3. The number of carbonyl (C=O) groups is 1. The Morgan fingerprint density at radius 2 is 2.00 bits per heavy atom. The van der Waals surface area contributed by atoms with E-state index in [-0.39, 0.29) is 0 Å². The molecule has 1 heterocycles. The van der Waals surface area contributed by atoms with Gasteiger partial charge in [0.15, 0.2) is 6.04 Å². The van der Waals surface area contributed by atoms with Crippen LogP contribution in [0, 0.1) is 22.2 Å². The molecule has 100 valence electrons. The van der Waals surface area contributed by atoms with Gasteiger partial charge in [-0.1, -0.05) is 13.8 Å². The highest BCUT2D eigenvalue weighted by molar-refractivity contribution is 5.78. The summed E-state index contributed by atoms with van der Waals surface area (Å²) in [6.07, 6.45) is 3.47. The number of nitriles is 1. The molecular weight excluding hydrogens is 228 g/mol. The summed E-state index contributed by atoms with van der Waals surface area (Å²) in [5, 5.41) is 9.13. The molecule has 4 heteroatoms. The van der Waals surface area contributed by atoms with Crippen molar-refractivity contribution in [2.45, 2.75) is 46.1 Å². The summed E-state index contributed by atoms with van der Waals surface area (Å²) < 4.78 is 4.95. The fraction of sp³-hybridized carbons (Fsp3) is 0.857. The summed E-state index contributed by atoms with van der Waals surface area (Å²) in [6, 6.07) is 1.36. The number of nitrogens with zero attached hydrogens (tertiary/aromatic N) is 2. The van der Waals surface area contributed by atoms with Crippen LogP contribution in [0.3, 0.4) is 0 Å². The van der Waals surface area contributed by atoms with Gasteiger partial charge in [-0.2, -0.15) is 5.26 Å². The maximum atomic E-state index is 11.7. The lowest BCUT2D eigenvalue weighted by atomic mass is 9.85. The van der Waals surface area contributed by atoms with Gasteiger partial charge in [-0.25, -0.2) is 4.79 Å². The fourth-order valence-corrected chi connectivity index (χ4v) is 3.37. The van der Waals surface area contributed by atoms with Crippen molar-refractivity contribution in [2.24, 2.45) is 10.8 Å². The van der Waals surface area contributed by atoms with E-state index >= 15 is 0 Å². The van der Waals surface area contributed by atoms with Crippen molar-refractivity contribution in [2.75, 3.05) is 19.7 Å². The van der Waals surface area contributed by atoms with E-state index in [1.807, 2.05) is 4.90 Å². The molecule has 0 aromatic rings.